The molecule has 1 N–H and O–H groups in total. The van der Waals surface area contributed by atoms with Gasteiger partial charge in [-0.3, -0.25) is 0 Å². The predicted molar refractivity (Wildman–Crippen MR) is 56.4 cm³/mol. The summed E-state index contributed by atoms with van der Waals surface area (Å²) in [5, 5.41) is 8.30. The molecule has 0 radical (unpaired) electrons. The molecule has 84 valence electrons. The molecule has 0 atom stereocenters. The summed E-state index contributed by atoms with van der Waals surface area (Å²) in [6.07, 6.45) is 2.18. The monoisotopic (exact) mass is 212 g/mol. The fourth-order valence-corrected chi connectivity index (χ4v) is 1.21. The Bertz CT molecular complexity index is 300. The average molecular weight is 212 g/mol. The van der Waals surface area contributed by atoms with Gasteiger partial charge in [-0.1, -0.05) is 12.2 Å². The van der Waals surface area contributed by atoms with E-state index in [1.165, 1.54) is 0 Å². The summed E-state index contributed by atoms with van der Waals surface area (Å²) in [6.45, 7) is 9.04. The number of carbonyl (C=O) groups is 2. The number of hydrogen-bond donors (Lipinski definition) is 1. The van der Waals surface area contributed by atoms with Crippen LogP contribution in [0.2, 0.25) is 0 Å². The van der Waals surface area contributed by atoms with Crippen LogP contribution in [0.1, 0.15) is 27.2 Å². The first-order valence-corrected chi connectivity index (χ1v) is 4.51. The molecule has 0 fully saturated rings. The summed E-state index contributed by atoms with van der Waals surface area (Å²) in [5.74, 6) is -1.84. The zero-order chi connectivity index (χ0) is 12.1. The van der Waals surface area contributed by atoms with Crippen LogP contribution < -0.4 is 0 Å². The molecule has 4 heteroatoms. The van der Waals surface area contributed by atoms with Gasteiger partial charge in [-0.25, -0.2) is 9.59 Å². The van der Waals surface area contributed by atoms with Crippen LogP contribution in [0.4, 0.5) is 0 Å². The van der Waals surface area contributed by atoms with Crippen LogP contribution in [0.15, 0.2) is 24.3 Å². The van der Waals surface area contributed by atoms with E-state index in [0.717, 1.165) is 17.7 Å². The average Bonchev–Trinajstić information content (AvgIpc) is 1.96. The van der Waals surface area contributed by atoms with E-state index in [0.29, 0.717) is 6.42 Å². The molecule has 15 heavy (non-hydrogen) atoms. The highest BCUT2D eigenvalue weighted by Crippen LogP contribution is 2.19. The Morgan fingerprint density at radius 2 is 1.93 bits per heavy atom. The molecule has 0 rings (SSSR count). The van der Waals surface area contributed by atoms with E-state index in [9.17, 15) is 9.59 Å². The maximum absolute atomic E-state index is 11.1. The minimum atomic E-state index is -1.18. The molecular weight excluding hydrogens is 196 g/mol. The van der Waals surface area contributed by atoms with Crippen molar-refractivity contribution in [2.24, 2.45) is 0 Å². The second-order valence-corrected chi connectivity index (χ2v) is 3.99. The van der Waals surface area contributed by atoms with E-state index in [1.807, 2.05) is 6.92 Å². The molecule has 0 aromatic carbocycles. The number of hydrogen-bond acceptors (Lipinski definition) is 3. The summed E-state index contributed by atoms with van der Waals surface area (Å²) in [7, 11) is 0. The summed E-state index contributed by atoms with van der Waals surface area (Å²) in [5.41, 5.74) is 0.237. The summed E-state index contributed by atoms with van der Waals surface area (Å²) >= 11 is 0. The largest absolute Gasteiger partial charge is 0.478 e. The highest BCUT2D eigenvalue weighted by Gasteiger charge is 2.21. The maximum atomic E-state index is 11.1. The number of ether oxygens (including phenoxy) is 1. The van der Waals surface area contributed by atoms with Crippen molar-refractivity contribution in [3.05, 3.63) is 24.3 Å². The van der Waals surface area contributed by atoms with Crippen molar-refractivity contribution in [2.45, 2.75) is 32.8 Å². The van der Waals surface area contributed by atoms with Crippen LogP contribution in [-0.2, 0) is 14.3 Å². The van der Waals surface area contributed by atoms with Gasteiger partial charge in [0.2, 0.25) is 0 Å². The maximum Gasteiger partial charge on any atom is 0.331 e. The van der Waals surface area contributed by atoms with Crippen molar-refractivity contribution in [3.8, 4) is 0 Å². The molecule has 0 aliphatic carbocycles. The highest BCUT2D eigenvalue weighted by molar-refractivity contribution is 5.90. The normalized spacial score (nSPS) is 11.4. The molecule has 0 amide bonds. The van der Waals surface area contributed by atoms with Crippen LogP contribution in [-0.4, -0.2) is 22.6 Å². The number of carboxylic acid groups (broad SMARTS) is 1. The van der Waals surface area contributed by atoms with Crippen molar-refractivity contribution in [3.63, 3.8) is 0 Å². The smallest absolute Gasteiger partial charge is 0.331 e. The van der Waals surface area contributed by atoms with Crippen LogP contribution in [0, 0.1) is 0 Å². The van der Waals surface area contributed by atoms with Crippen LogP contribution >= 0.6 is 0 Å². The predicted octanol–water partition coefficient (Wildman–Crippen LogP) is 1.92. The summed E-state index contributed by atoms with van der Waals surface area (Å²) in [4.78, 5) is 21.3. The Balaban J connectivity index is 4.27. The number of carbonyl (C=O) groups excluding carboxylic acids is 1. The SMILES string of the molecule is C=C(C)CC(C)(C)OC(=O)C=CC(=O)O. The minimum absolute atomic E-state index is 0.541. The third-order valence-corrected chi connectivity index (χ3v) is 1.47. The van der Waals surface area contributed by atoms with Gasteiger partial charge in [0, 0.05) is 18.6 Å². The van der Waals surface area contributed by atoms with Crippen molar-refractivity contribution in [1.82, 2.24) is 0 Å². The fourth-order valence-electron chi connectivity index (χ4n) is 1.21. The quantitative estimate of drug-likeness (QED) is 0.429. The summed E-state index contributed by atoms with van der Waals surface area (Å²) < 4.78 is 5.05. The second-order valence-electron chi connectivity index (χ2n) is 3.99. The van der Waals surface area contributed by atoms with Gasteiger partial charge in [0.25, 0.3) is 0 Å². The molecule has 0 saturated heterocycles. The van der Waals surface area contributed by atoms with E-state index in [4.69, 9.17) is 9.84 Å². The Morgan fingerprint density at radius 1 is 1.40 bits per heavy atom. The Morgan fingerprint density at radius 3 is 2.33 bits per heavy atom. The molecule has 0 unspecified atom stereocenters. The van der Waals surface area contributed by atoms with Crippen LogP contribution in [0.3, 0.4) is 0 Å². The second kappa shape index (κ2) is 5.34. The number of rotatable bonds is 5. The lowest BCUT2D eigenvalue weighted by Gasteiger charge is -2.24. The third kappa shape index (κ3) is 7.49. The fraction of sp³-hybridized carbons (Fsp3) is 0.455. The standard InChI is InChI=1S/C11H16O4/c1-8(2)7-11(3,4)15-10(14)6-5-9(12)13/h5-6H,1,7H2,2-4H3,(H,12,13). The Kier molecular flexibility index (Phi) is 4.78. The molecule has 4 nitrogen and oxygen atoms in total. The van der Waals surface area contributed by atoms with Gasteiger partial charge in [-0.15, -0.1) is 0 Å². The van der Waals surface area contributed by atoms with E-state index < -0.39 is 17.5 Å². The molecule has 0 aromatic rings. The Hall–Kier alpha value is -1.58. The van der Waals surface area contributed by atoms with Crippen molar-refractivity contribution in [1.29, 1.82) is 0 Å². The zero-order valence-corrected chi connectivity index (χ0v) is 9.24. The lowest BCUT2D eigenvalue weighted by molar-refractivity contribution is -0.150. The lowest BCUT2D eigenvalue weighted by Crippen LogP contribution is -2.27. The first-order valence-electron chi connectivity index (χ1n) is 4.51. The van der Waals surface area contributed by atoms with E-state index in [-0.39, 0.29) is 0 Å². The number of aliphatic carboxylic acids is 1. The van der Waals surface area contributed by atoms with E-state index in [1.54, 1.807) is 13.8 Å². The molecule has 0 bridgehead atoms. The van der Waals surface area contributed by atoms with Gasteiger partial charge in [0.05, 0.1) is 0 Å². The molecule has 0 aliphatic rings. The number of esters is 1. The van der Waals surface area contributed by atoms with Gasteiger partial charge in [-0.2, -0.15) is 0 Å². The number of carboxylic acids is 1. The molecular formula is C11H16O4. The van der Waals surface area contributed by atoms with Gasteiger partial charge in [0.1, 0.15) is 5.60 Å². The van der Waals surface area contributed by atoms with Gasteiger partial charge < -0.3 is 9.84 Å². The minimum Gasteiger partial charge on any atom is -0.478 e. The highest BCUT2D eigenvalue weighted by atomic mass is 16.6. The molecule has 0 aliphatic heterocycles. The molecule has 0 saturated carbocycles. The Labute approximate surface area is 89.2 Å². The van der Waals surface area contributed by atoms with Gasteiger partial charge in [-0.05, 0) is 20.8 Å². The lowest BCUT2D eigenvalue weighted by atomic mass is 10.0. The summed E-state index contributed by atoms with van der Waals surface area (Å²) in [6, 6.07) is 0. The van der Waals surface area contributed by atoms with Gasteiger partial charge >= 0.3 is 11.9 Å². The molecule has 0 heterocycles. The zero-order valence-electron chi connectivity index (χ0n) is 9.24. The molecule has 0 aromatic heterocycles. The molecule has 0 spiro atoms. The van der Waals surface area contributed by atoms with Crippen LogP contribution in [0.5, 0.6) is 0 Å². The van der Waals surface area contributed by atoms with Crippen molar-refractivity contribution in [2.75, 3.05) is 0 Å². The van der Waals surface area contributed by atoms with Gasteiger partial charge in [0.15, 0.2) is 0 Å². The van der Waals surface area contributed by atoms with Crippen LogP contribution in [0.25, 0.3) is 0 Å². The van der Waals surface area contributed by atoms with E-state index in [2.05, 4.69) is 6.58 Å². The van der Waals surface area contributed by atoms with Crippen molar-refractivity contribution < 1.29 is 19.4 Å². The first kappa shape index (κ1) is 13.4. The first-order chi connectivity index (χ1) is 6.73. The van der Waals surface area contributed by atoms with E-state index >= 15 is 0 Å². The topological polar surface area (TPSA) is 63.6 Å². The third-order valence-electron chi connectivity index (χ3n) is 1.47. The van der Waals surface area contributed by atoms with Crippen molar-refractivity contribution >= 4 is 11.9 Å².